The molecule has 1 aromatic heterocycles. The van der Waals surface area contributed by atoms with Gasteiger partial charge in [-0.2, -0.15) is 13.2 Å². The van der Waals surface area contributed by atoms with Crippen molar-refractivity contribution in [2.24, 2.45) is 0 Å². The van der Waals surface area contributed by atoms with Gasteiger partial charge in [-0.05, 0) is 18.1 Å². The van der Waals surface area contributed by atoms with Gasteiger partial charge in [-0.15, -0.1) is 0 Å². The Morgan fingerprint density at radius 1 is 1.44 bits per heavy atom. The third kappa shape index (κ3) is 5.32. The molecule has 0 aliphatic carbocycles. The Hall–Kier alpha value is -2.07. The first-order valence-corrected chi connectivity index (χ1v) is 4.84. The van der Waals surface area contributed by atoms with Crippen molar-refractivity contribution in [2.75, 3.05) is 11.9 Å². The second kappa shape index (κ2) is 6.02. The summed E-state index contributed by atoms with van der Waals surface area (Å²) in [6.45, 7) is -0.355. The van der Waals surface area contributed by atoms with Gasteiger partial charge in [0.15, 0.2) is 0 Å². The van der Waals surface area contributed by atoms with Crippen molar-refractivity contribution in [2.45, 2.75) is 12.6 Å². The summed E-state index contributed by atoms with van der Waals surface area (Å²) in [6, 6.07) is 4.33. The molecule has 0 unspecified atom stereocenters. The molecule has 0 spiro atoms. The van der Waals surface area contributed by atoms with Crippen LogP contribution in [-0.2, 0) is 4.79 Å². The molecular formula is C11H9F3N2O2. The summed E-state index contributed by atoms with van der Waals surface area (Å²) in [4.78, 5) is 14.8. The van der Waals surface area contributed by atoms with Crippen molar-refractivity contribution in [3.05, 3.63) is 23.9 Å². The standard InChI is InChI=1S/C11H9F3N2O2/c12-11(13,14)7-10(18)16-9-5-1-3-8(15-9)4-2-6-17/h1,3,5,17H,6-7H2,(H,15,16,18). The normalized spacial score (nSPS) is 10.4. The van der Waals surface area contributed by atoms with Crippen LogP contribution in [0.3, 0.4) is 0 Å². The van der Waals surface area contributed by atoms with Crippen LogP contribution in [-0.4, -0.2) is 28.8 Å². The third-order valence-electron chi connectivity index (χ3n) is 1.67. The maximum Gasteiger partial charge on any atom is 0.397 e. The van der Waals surface area contributed by atoms with Crippen LogP contribution in [0.4, 0.5) is 19.0 Å². The summed E-state index contributed by atoms with van der Waals surface area (Å²) in [5.41, 5.74) is 0.244. The SMILES string of the molecule is O=C(CC(F)(F)F)Nc1cccc(C#CCO)n1. The summed E-state index contributed by atoms with van der Waals surface area (Å²) in [5, 5.41) is 10.5. The summed E-state index contributed by atoms with van der Waals surface area (Å²) >= 11 is 0. The van der Waals surface area contributed by atoms with Crippen molar-refractivity contribution in [1.29, 1.82) is 0 Å². The van der Waals surface area contributed by atoms with Crippen LogP contribution < -0.4 is 5.32 Å². The van der Waals surface area contributed by atoms with Crippen LogP contribution in [0, 0.1) is 11.8 Å². The zero-order valence-electron chi connectivity index (χ0n) is 9.08. The van der Waals surface area contributed by atoms with Gasteiger partial charge in [-0.1, -0.05) is 12.0 Å². The minimum Gasteiger partial charge on any atom is -0.384 e. The molecule has 0 aliphatic heterocycles. The molecular weight excluding hydrogens is 249 g/mol. The molecule has 0 bridgehead atoms. The molecule has 0 saturated heterocycles. The summed E-state index contributed by atoms with van der Waals surface area (Å²) < 4.78 is 35.8. The number of nitrogens with zero attached hydrogens (tertiary/aromatic N) is 1. The van der Waals surface area contributed by atoms with Gasteiger partial charge >= 0.3 is 6.18 Å². The highest BCUT2D eigenvalue weighted by Crippen LogP contribution is 2.20. The fraction of sp³-hybridized carbons (Fsp3) is 0.273. The van der Waals surface area contributed by atoms with Crippen LogP contribution in [0.1, 0.15) is 12.1 Å². The lowest BCUT2D eigenvalue weighted by molar-refractivity contribution is -0.150. The molecule has 0 radical (unpaired) electrons. The van der Waals surface area contributed by atoms with Crippen LogP contribution >= 0.6 is 0 Å². The van der Waals surface area contributed by atoms with Crippen molar-refractivity contribution < 1.29 is 23.1 Å². The third-order valence-corrected chi connectivity index (χ3v) is 1.67. The number of rotatable bonds is 2. The van der Waals surface area contributed by atoms with Crippen molar-refractivity contribution in [3.8, 4) is 11.8 Å². The Kier molecular flexibility index (Phi) is 4.68. The zero-order valence-corrected chi connectivity index (χ0v) is 9.08. The fourth-order valence-corrected chi connectivity index (χ4v) is 1.07. The van der Waals surface area contributed by atoms with E-state index in [-0.39, 0.29) is 18.1 Å². The van der Waals surface area contributed by atoms with Gasteiger partial charge in [0.2, 0.25) is 5.91 Å². The maximum absolute atomic E-state index is 11.9. The number of pyridine rings is 1. The second-order valence-corrected chi connectivity index (χ2v) is 3.21. The number of aliphatic hydroxyl groups is 1. The average Bonchev–Trinajstić information content (AvgIpc) is 2.24. The van der Waals surface area contributed by atoms with Crippen molar-refractivity contribution in [1.82, 2.24) is 4.98 Å². The first-order chi connectivity index (χ1) is 8.40. The molecule has 1 heterocycles. The van der Waals surface area contributed by atoms with E-state index < -0.39 is 18.5 Å². The molecule has 1 amide bonds. The largest absolute Gasteiger partial charge is 0.397 e. The number of carbonyl (C=O) groups excluding carboxylic acids is 1. The highest BCUT2D eigenvalue weighted by atomic mass is 19.4. The fourth-order valence-electron chi connectivity index (χ4n) is 1.07. The monoisotopic (exact) mass is 258 g/mol. The predicted octanol–water partition coefficient (Wildman–Crippen LogP) is 1.32. The first-order valence-electron chi connectivity index (χ1n) is 4.84. The summed E-state index contributed by atoms with van der Waals surface area (Å²) in [6.07, 6.45) is -6.13. The van der Waals surface area contributed by atoms with E-state index in [0.29, 0.717) is 0 Å². The molecule has 4 nitrogen and oxygen atoms in total. The van der Waals surface area contributed by atoms with Gasteiger partial charge in [0.1, 0.15) is 24.5 Å². The van der Waals surface area contributed by atoms with E-state index in [0.717, 1.165) is 0 Å². The van der Waals surface area contributed by atoms with E-state index in [2.05, 4.69) is 16.8 Å². The van der Waals surface area contributed by atoms with E-state index >= 15 is 0 Å². The zero-order chi connectivity index (χ0) is 13.6. The molecule has 2 N–H and O–H groups in total. The van der Waals surface area contributed by atoms with Crippen molar-refractivity contribution >= 4 is 11.7 Å². The number of carbonyl (C=O) groups is 1. The predicted molar refractivity (Wildman–Crippen MR) is 57.5 cm³/mol. The highest BCUT2D eigenvalue weighted by Gasteiger charge is 2.31. The molecule has 96 valence electrons. The Balaban J connectivity index is 2.70. The van der Waals surface area contributed by atoms with Gasteiger partial charge in [-0.25, -0.2) is 4.98 Å². The Morgan fingerprint density at radius 2 is 2.17 bits per heavy atom. The Bertz CT molecular complexity index is 489. The molecule has 7 heteroatoms. The molecule has 0 aliphatic rings. The van der Waals surface area contributed by atoms with E-state index in [9.17, 15) is 18.0 Å². The average molecular weight is 258 g/mol. The number of aliphatic hydroxyl groups excluding tert-OH is 1. The molecule has 1 rings (SSSR count). The van der Waals surface area contributed by atoms with Gasteiger partial charge in [0.05, 0.1) is 0 Å². The van der Waals surface area contributed by atoms with Gasteiger partial charge in [-0.3, -0.25) is 4.79 Å². The Morgan fingerprint density at radius 3 is 2.78 bits per heavy atom. The quantitative estimate of drug-likeness (QED) is 0.786. The molecule has 0 saturated carbocycles. The minimum absolute atomic E-state index is 0.0195. The van der Waals surface area contributed by atoms with Crippen LogP contribution in [0.5, 0.6) is 0 Å². The number of halogens is 3. The molecule has 18 heavy (non-hydrogen) atoms. The smallest absolute Gasteiger partial charge is 0.384 e. The Labute approximate surface area is 101 Å². The number of nitrogens with one attached hydrogen (secondary N) is 1. The number of amides is 1. The van der Waals surface area contributed by atoms with E-state index in [1.807, 2.05) is 5.32 Å². The molecule has 0 fully saturated rings. The number of alkyl halides is 3. The van der Waals surface area contributed by atoms with Gasteiger partial charge < -0.3 is 10.4 Å². The topological polar surface area (TPSA) is 62.2 Å². The maximum atomic E-state index is 11.9. The van der Waals surface area contributed by atoms with Crippen LogP contribution in [0.2, 0.25) is 0 Å². The van der Waals surface area contributed by atoms with Crippen molar-refractivity contribution in [3.63, 3.8) is 0 Å². The van der Waals surface area contributed by atoms with Crippen LogP contribution in [0.25, 0.3) is 0 Å². The van der Waals surface area contributed by atoms with E-state index in [4.69, 9.17) is 5.11 Å². The number of hydrogen-bond acceptors (Lipinski definition) is 3. The number of anilines is 1. The van der Waals surface area contributed by atoms with E-state index in [1.165, 1.54) is 18.2 Å². The summed E-state index contributed by atoms with van der Waals surface area (Å²) in [5.74, 6) is 3.59. The first kappa shape index (κ1) is 14.0. The lowest BCUT2D eigenvalue weighted by Crippen LogP contribution is -2.21. The summed E-state index contributed by atoms with van der Waals surface area (Å²) in [7, 11) is 0. The minimum atomic E-state index is -4.56. The number of hydrogen-bond donors (Lipinski definition) is 2. The lowest BCUT2D eigenvalue weighted by Gasteiger charge is -2.07. The molecule has 1 aromatic rings. The lowest BCUT2D eigenvalue weighted by atomic mass is 10.3. The van der Waals surface area contributed by atoms with Gasteiger partial charge in [0.25, 0.3) is 0 Å². The molecule has 0 aromatic carbocycles. The highest BCUT2D eigenvalue weighted by molar-refractivity contribution is 5.90. The van der Waals surface area contributed by atoms with Gasteiger partial charge in [0, 0.05) is 0 Å². The van der Waals surface area contributed by atoms with E-state index in [1.54, 1.807) is 0 Å². The van der Waals surface area contributed by atoms with Crippen LogP contribution in [0.15, 0.2) is 18.2 Å². The molecule has 0 atom stereocenters. The number of aromatic nitrogens is 1. The second-order valence-electron chi connectivity index (χ2n) is 3.21.